The lowest BCUT2D eigenvalue weighted by atomic mass is 9.94. The molecule has 0 aromatic heterocycles. The molecule has 1 amide bonds. The average molecular weight is 154 g/mol. The number of nitrogens with one attached hydrogen (secondary N) is 1. The molecule has 1 rings (SSSR count). The molecular weight excluding hydrogens is 140 g/mol. The Morgan fingerprint density at radius 1 is 1.45 bits per heavy atom. The third-order valence-corrected chi connectivity index (χ3v) is 1.58. The molecule has 0 aromatic carbocycles. The average Bonchev–Trinajstić information content (AvgIpc) is 1.86. The minimum absolute atomic E-state index is 0.00586. The van der Waals surface area contributed by atoms with E-state index in [-0.39, 0.29) is 11.3 Å². The summed E-state index contributed by atoms with van der Waals surface area (Å²) in [7, 11) is 0. The SMILES string of the molecule is CC(C)(C)C1=NC(=O)CCN1. The first kappa shape index (κ1) is 8.24. The van der Waals surface area contributed by atoms with E-state index < -0.39 is 0 Å². The van der Waals surface area contributed by atoms with Crippen LogP contribution >= 0.6 is 0 Å². The van der Waals surface area contributed by atoms with Gasteiger partial charge in [-0.05, 0) is 0 Å². The van der Waals surface area contributed by atoms with Gasteiger partial charge in [-0.15, -0.1) is 0 Å². The summed E-state index contributed by atoms with van der Waals surface area (Å²) in [6.07, 6.45) is 0.527. The number of nitrogens with zero attached hydrogens (tertiary/aromatic N) is 1. The predicted molar refractivity (Wildman–Crippen MR) is 44.5 cm³/mol. The minimum atomic E-state index is -0.0317. The molecule has 1 aliphatic heterocycles. The molecule has 0 unspecified atom stereocenters. The Balaban J connectivity index is 2.79. The van der Waals surface area contributed by atoms with Crippen LogP contribution in [0.1, 0.15) is 27.2 Å². The van der Waals surface area contributed by atoms with Crippen LogP contribution < -0.4 is 5.32 Å². The molecule has 11 heavy (non-hydrogen) atoms. The fourth-order valence-corrected chi connectivity index (χ4v) is 0.941. The highest BCUT2D eigenvalue weighted by atomic mass is 16.1. The summed E-state index contributed by atoms with van der Waals surface area (Å²) in [6.45, 7) is 6.85. The second kappa shape index (κ2) is 2.64. The first-order chi connectivity index (χ1) is 5.00. The van der Waals surface area contributed by atoms with Crippen molar-refractivity contribution >= 4 is 11.7 Å². The van der Waals surface area contributed by atoms with Crippen LogP contribution in [0.15, 0.2) is 4.99 Å². The molecule has 3 heteroatoms. The van der Waals surface area contributed by atoms with Crippen molar-refractivity contribution in [2.45, 2.75) is 27.2 Å². The van der Waals surface area contributed by atoms with Crippen LogP contribution in [0, 0.1) is 5.41 Å². The molecule has 0 spiro atoms. The van der Waals surface area contributed by atoms with Crippen molar-refractivity contribution in [3.8, 4) is 0 Å². The molecule has 62 valence electrons. The van der Waals surface area contributed by atoms with E-state index in [1.54, 1.807) is 0 Å². The Bertz CT molecular complexity index is 201. The van der Waals surface area contributed by atoms with Gasteiger partial charge < -0.3 is 5.32 Å². The summed E-state index contributed by atoms with van der Waals surface area (Å²) in [4.78, 5) is 14.8. The molecule has 3 nitrogen and oxygen atoms in total. The van der Waals surface area contributed by atoms with E-state index in [2.05, 4.69) is 10.3 Å². The zero-order valence-corrected chi connectivity index (χ0v) is 7.27. The van der Waals surface area contributed by atoms with E-state index in [1.807, 2.05) is 20.8 Å². The van der Waals surface area contributed by atoms with Crippen LogP contribution in [0.3, 0.4) is 0 Å². The van der Waals surface area contributed by atoms with Gasteiger partial charge in [0.1, 0.15) is 5.84 Å². The fourth-order valence-electron chi connectivity index (χ4n) is 0.941. The lowest BCUT2D eigenvalue weighted by Gasteiger charge is -2.24. The van der Waals surface area contributed by atoms with Crippen LogP contribution in [-0.4, -0.2) is 18.3 Å². The Kier molecular flexibility index (Phi) is 1.98. The Morgan fingerprint density at radius 3 is 2.45 bits per heavy atom. The molecule has 1 aliphatic rings. The number of rotatable bonds is 0. The van der Waals surface area contributed by atoms with Gasteiger partial charge in [0.25, 0.3) is 0 Å². The van der Waals surface area contributed by atoms with Gasteiger partial charge in [0, 0.05) is 18.4 Å². The Labute approximate surface area is 66.9 Å². The summed E-state index contributed by atoms with van der Waals surface area (Å²) in [6, 6.07) is 0. The number of amides is 1. The van der Waals surface area contributed by atoms with Crippen LogP contribution in [-0.2, 0) is 4.79 Å². The lowest BCUT2D eigenvalue weighted by Crippen LogP contribution is -2.40. The third-order valence-electron chi connectivity index (χ3n) is 1.58. The van der Waals surface area contributed by atoms with Crippen molar-refractivity contribution < 1.29 is 4.79 Å². The van der Waals surface area contributed by atoms with Gasteiger partial charge in [0.15, 0.2) is 0 Å². The number of amidine groups is 1. The molecule has 0 aromatic rings. The van der Waals surface area contributed by atoms with Crippen LogP contribution in [0.4, 0.5) is 0 Å². The second-order valence-electron chi connectivity index (χ2n) is 3.78. The van der Waals surface area contributed by atoms with E-state index in [4.69, 9.17) is 0 Å². The predicted octanol–water partition coefficient (Wildman–Crippen LogP) is 0.951. The van der Waals surface area contributed by atoms with Crippen LogP contribution in [0.2, 0.25) is 0 Å². The summed E-state index contributed by atoms with van der Waals surface area (Å²) in [5, 5.41) is 3.12. The number of carbonyl (C=O) groups is 1. The zero-order chi connectivity index (χ0) is 8.48. The van der Waals surface area contributed by atoms with Gasteiger partial charge in [-0.2, -0.15) is 4.99 Å². The van der Waals surface area contributed by atoms with E-state index in [1.165, 1.54) is 0 Å². The lowest BCUT2D eigenvalue weighted by molar-refractivity contribution is -0.118. The molecule has 0 fully saturated rings. The molecule has 0 bridgehead atoms. The van der Waals surface area contributed by atoms with Crippen molar-refractivity contribution in [1.82, 2.24) is 5.32 Å². The summed E-state index contributed by atoms with van der Waals surface area (Å²) in [5.74, 6) is 0.808. The van der Waals surface area contributed by atoms with E-state index in [9.17, 15) is 4.79 Å². The first-order valence-electron chi connectivity index (χ1n) is 3.86. The molecule has 0 aliphatic carbocycles. The number of hydrogen-bond donors (Lipinski definition) is 1. The maximum absolute atomic E-state index is 10.9. The van der Waals surface area contributed by atoms with Crippen molar-refractivity contribution in [2.75, 3.05) is 6.54 Å². The van der Waals surface area contributed by atoms with Gasteiger partial charge in [-0.3, -0.25) is 4.79 Å². The maximum Gasteiger partial charge on any atom is 0.249 e. The maximum atomic E-state index is 10.9. The van der Waals surface area contributed by atoms with Gasteiger partial charge in [0.05, 0.1) is 0 Å². The second-order valence-corrected chi connectivity index (χ2v) is 3.78. The Morgan fingerprint density at radius 2 is 2.09 bits per heavy atom. The molecule has 0 saturated heterocycles. The summed E-state index contributed by atoms with van der Waals surface area (Å²) in [5.41, 5.74) is -0.0317. The zero-order valence-electron chi connectivity index (χ0n) is 7.27. The van der Waals surface area contributed by atoms with Crippen molar-refractivity contribution in [3.05, 3.63) is 0 Å². The molecule has 0 atom stereocenters. The molecule has 1 heterocycles. The molecule has 0 radical (unpaired) electrons. The smallest absolute Gasteiger partial charge is 0.249 e. The first-order valence-corrected chi connectivity index (χ1v) is 3.86. The van der Waals surface area contributed by atoms with Gasteiger partial charge in [-0.1, -0.05) is 20.8 Å². The van der Waals surface area contributed by atoms with Gasteiger partial charge in [0.2, 0.25) is 5.91 Å². The topological polar surface area (TPSA) is 41.5 Å². The van der Waals surface area contributed by atoms with Gasteiger partial charge in [-0.25, -0.2) is 0 Å². The normalized spacial score (nSPS) is 19.2. The molecule has 0 saturated carbocycles. The summed E-state index contributed by atoms with van der Waals surface area (Å²) >= 11 is 0. The van der Waals surface area contributed by atoms with Crippen molar-refractivity contribution in [1.29, 1.82) is 0 Å². The number of aliphatic imine (C=N–C) groups is 1. The molecule has 1 N–H and O–H groups in total. The quantitative estimate of drug-likeness (QED) is 0.564. The minimum Gasteiger partial charge on any atom is -0.372 e. The van der Waals surface area contributed by atoms with E-state index >= 15 is 0 Å². The highest BCUT2D eigenvalue weighted by Gasteiger charge is 2.22. The van der Waals surface area contributed by atoms with E-state index in [0.29, 0.717) is 6.42 Å². The van der Waals surface area contributed by atoms with Crippen LogP contribution in [0.5, 0.6) is 0 Å². The van der Waals surface area contributed by atoms with Crippen LogP contribution in [0.25, 0.3) is 0 Å². The number of hydrogen-bond acceptors (Lipinski definition) is 2. The Hall–Kier alpha value is -0.860. The van der Waals surface area contributed by atoms with Crippen molar-refractivity contribution in [3.63, 3.8) is 0 Å². The largest absolute Gasteiger partial charge is 0.372 e. The summed E-state index contributed by atoms with van der Waals surface area (Å²) < 4.78 is 0. The third kappa shape index (κ3) is 2.03. The highest BCUT2D eigenvalue weighted by Crippen LogP contribution is 2.16. The monoisotopic (exact) mass is 154 g/mol. The van der Waals surface area contributed by atoms with Crippen molar-refractivity contribution in [2.24, 2.45) is 10.4 Å². The fraction of sp³-hybridized carbons (Fsp3) is 0.750. The number of carbonyl (C=O) groups excluding carboxylic acids is 1. The van der Waals surface area contributed by atoms with Gasteiger partial charge >= 0.3 is 0 Å². The molecular formula is C8H14N2O. The van der Waals surface area contributed by atoms with E-state index in [0.717, 1.165) is 12.4 Å². The standard InChI is InChI=1S/C8H14N2O/c1-8(2,3)7-9-5-4-6(11)10-7/h4-5H2,1-3H3,(H,9,10,11). The highest BCUT2D eigenvalue weighted by molar-refractivity contribution is 5.99.